The molecule has 0 fully saturated rings. The summed E-state index contributed by atoms with van der Waals surface area (Å²) in [6, 6.07) is 2.53. The molecule has 114 valence electrons. The fraction of sp³-hybridized carbons (Fsp3) is 0.250. The van der Waals surface area contributed by atoms with Crippen molar-refractivity contribution < 1.29 is 22.3 Å². The van der Waals surface area contributed by atoms with Crippen molar-refractivity contribution in [1.29, 1.82) is 0 Å². The minimum Gasteiger partial charge on any atom is -0.396 e. The van der Waals surface area contributed by atoms with Crippen molar-refractivity contribution in [3.63, 3.8) is 0 Å². The molecule has 6 nitrogen and oxygen atoms in total. The third kappa shape index (κ3) is 3.76. The smallest absolute Gasteiger partial charge is 0.265 e. The molecule has 1 heterocycles. The Bertz CT molecular complexity index is 731. The summed E-state index contributed by atoms with van der Waals surface area (Å²) in [6.07, 6.45) is 2.81. The molecule has 0 saturated heterocycles. The van der Waals surface area contributed by atoms with E-state index in [2.05, 4.69) is 5.10 Å². The predicted molar refractivity (Wildman–Crippen MR) is 71.1 cm³/mol. The fourth-order valence-corrected chi connectivity index (χ4v) is 2.63. The van der Waals surface area contributed by atoms with Gasteiger partial charge in [-0.15, -0.1) is 0 Å². The number of sulfonamides is 1. The molecule has 0 aliphatic rings. The van der Waals surface area contributed by atoms with Gasteiger partial charge in [0.15, 0.2) is 0 Å². The van der Waals surface area contributed by atoms with Crippen LogP contribution in [0.5, 0.6) is 0 Å². The van der Waals surface area contributed by atoms with E-state index in [1.165, 1.54) is 10.9 Å². The number of aromatic nitrogens is 2. The van der Waals surface area contributed by atoms with Crippen LogP contribution >= 0.6 is 0 Å². The molecule has 9 heteroatoms. The Labute approximate surface area is 120 Å². The summed E-state index contributed by atoms with van der Waals surface area (Å²) in [4.78, 5) is -0.149. The number of aliphatic hydroxyl groups is 1. The molecule has 0 unspecified atom stereocenters. The Kier molecular flexibility index (Phi) is 4.53. The average molecular weight is 317 g/mol. The highest BCUT2D eigenvalue weighted by Gasteiger charge is 2.18. The van der Waals surface area contributed by atoms with Crippen molar-refractivity contribution >= 4 is 15.7 Å². The van der Waals surface area contributed by atoms with Gasteiger partial charge in [0.05, 0.1) is 11.9 Å². The van der Waals surface area contributed by atoms with Crippen LogP contribution in [0.4, 0.5) is 14.5 Å². The normalized spacial score (nSPS) is 11.6. The molecule has 2 rings (SSSR count). The monoisotopic (exact) mass is 317 g/mol. The Hall–Kier alpha value is -2.00. The molecule has 0 saturated carbocycles. The van der Waals surface area contributed by atoms with Gasteiger partial charge in [-0.05, 0) is 18.6 Å². The summed E-state index contributed by atoms with van der Waals surface area (Å²) in [5, 5.41) is 12.5. The zero-order valence-electron chi connectivity index (χ0n) is 10.8. The number of nitrogens with zero attached hydrogens (tertiary/aromatic N) is 2. The maximum atomic E-state index is 13.5. The second-order valence-corrected chi connectivity index (χ2v) is 5.93. The summed E-state index contributed by atoms with van der Waals surface area (Å²) in [5.41, 5.74) is -0.348. The van der Waals surface area contributed by atoms with Crippen molar-refractivity contribution in [3.8, 4) is 0 Å². The lowest BCUT2D eigenvalue weighted by molar-refractivity contribution is 0.277. The van der Waals surface area contributed by atoms with Crippen LogP contribution in [0.1, 0.15) is 6.42 Å². The van der Waals surface area contributed by atoms with Crippen molar-refractivity contribution in [2.45, 2.75) is 17.9 Å². The third-order valence-electron chi connectivity index (χ3n) is 2.64. The number of aliphatic hydroxyl groups excluding tert-OH is 1. The van der Waals surface area contributed by atoms with E-state index in [1.54, 1.807) is 0 Å². The van der Waals surface area contributed by atoms with Gasteiger partial charge >= 0.3 is 0 Å². The zero-order chi connectivity index (χ0) is 15.5. The van der Waals surface area contributed by atoms with Crippen LogP contribution in [0.3, 0.4) is 0 Å². The number of hydrogen-bond acceptors (Lipinski definition) is 4. The van der Waals surface area contributed by atoms with Crippen molar-refractivity contribution in [1.82, 2.24) is 9.78 Å². The highest BCUT2D eigenvalue weighted by Crippen LogP contribution is 2.19. The Morgan fingerprint density at radius 2 is 2.10 bits per heavy atom. The molecule has 1 aromatic heterocycles. The Morgan fingerprint density at radius 1 is 1.33 bits per heavy atom. The third-order valence-corrected chi connectivity index (χ3v) is 3.96. The van der Waals surface area contributed by atoms with Crippen LogP contribution in [0.2, 0.25) is 0 Å². The first-order chi connectivity index (χ1) is 9.92. The lowest BCUT2D eigenvalue weighted by Gasteiger charge is -2.07. The van der Waals surface area contributed by atoms with Crippen LogP contribution in [0.15, 0.2) is 35.5 Å². The van der Waals surface area contributed by atoms with Crippen LogP contribution < -0.4 is 4.72 Å². The van der Waals surface area contributed by atoms with Crippen LogP contribution in [0, 0.1) is 11.6 Å². The van der Waals surface area contributed by atoms with Crippen molar-refractivity contribution in [2.75, 3.05) is 11.3 Å². The van der Waals surface area contributed by atoms with E-state index in [1.807, 2.05) is 4.72 Å². The quantitative estimate of drug-likeness (QED) is 0.842. The van der Waals surface area contributed by atoms with Crippen molar-refractivity contribution in [2.24, 2.45) is 0 Å². The highest BCUT2D eigenvalue weighted by atomic mass is 32.2. The van der Waals surface area contributed by atoms with Gasteiger partial charge < -0.3 is 5.11 Å². The number of benzene rings is 1. The largest absolute Gasteiger partial charge is 0.396 e. The van der Waals surface area contributed by atoms with Gasteiger partial charge in [-0.2, -0.15) is 5.10 Å². The molecular weight excluding hydrogens is 304 g/mol. The second-order valence-electron chi connectivity index (χ2n) is 4.25. The summed E-state index contributed by atoms with van der Waals surface area (Å²) in [6.45, 7) is 0.317. The molecule has 0 atom stereocenters. The lowest BCUT2D eigenvalue weighted by atomic mass is 10.3. The van der Waals surface area contributed by atoms with Crippen molar-refractivity contribution in [3.05, 3.63) is 42.2 Å². The maximum Gasteiger partial charge on any atom is 0.265 e. The standard InChI is InChI=1S/C12H13F2N3O3S/c13-9-2-3-12(11(14)6-9)16-21(19,20)10-7-15-17(8-10)4-1-5-18/h2-3,6-8,16,18H,1,4-5H2. The summed E-state index contributed by atoms with van der Waals surface area (Å²) in [5.74, 6) is -1.81. The van der Waals surface area contributed by atoms with Crippen LogP contribution in [-0.4, -0.2) is 29.9 Å². The zero-order valence-corrected chi connectivity index (χ0v) is 11.6. The molecule has 1 aromatic carbocycles. The summed E-state index contributed by atoms with van der Waals surface area (Å²) < 4.78 is 53.7. The van der Waals surface area contributed by atoms with E-state index in [0.717, 1.165) is 18.3 Å². The van der Waals surface area contributed by atoms with Crippen LogP contribution in [0.25, 0.3) is 0 Å². The number of rotatable bonds is 6. The first-order valence-electron chi connectivity index (χ1n) is 6.03. The molecule has 2 aromatic rings. The molecule has 0 bridgehead atoms. The minimum atomic E-state index is -4.01. The molecule has 0 aliphatic heterocycles. The van der Waals surface area contributed by atoms with Crippen LogP contribution in [-0.2, 0) is 16.6 Å². The SMILES string of the molecule is O=S(=O)(Nc1ccc(F)cc1F)c1cnn(CCCO)c1. The van der Waals surface area contributed by atoms with E-state index in [4.69, 9.17) is 5.11 Å². The van der Waals surface area contributed by atoms with E-state index in [0.29, 0.717) is 19.0 Å². The van der Waals surface area contributed by atoms with Gasteiger partial charge in [0.2, 0.25) is 0 Å². The summed E-state index contributed by atoms with van der Waals surface area (Å²) >= 11 is 0. The Morgan fingerprint density at radius 3 is 2.76 bits per heavy atom. The van der Waals surface area contributed by atoms with Gasteiger partial charge in [0.25, 0.3) is 10.0 Å². The van der Waals surface area contributed by atoms with E-state index in [9.17, 15) is 17.2 Å². The van der Waals surface area contributed by atoms with Gasteiger partial charge in [-0.25, -0.2) is 17.2 Å². The minimum absolute atomic E-state index is 0.0407. The topological polar surface area (TPSA) is 84.2 Å². The fourth-order valence-electron chi connectivity index (χ4n) is 1.61. The maximum absolute atomic E-state index is 13.5. The van der Waals surface area contributed by atoms with E-state index in [-0.39, 0.29) is 17.2 Å². The number of hydrogen-bond donors (Lipinski definition) is 2. The molecule has 0 spiro atoms. The molecule has 2 N–H and O–H groups in total. The number of halogens is 2. The molecule has 0 aliphatic carbocycles. The van der Waals surface area contributed by atoms with Gasteiger partial charge in [0.1, 0.15) is 16.5 Å². The first-order valence-corrected chi connectivity index (χ1v) is 7.52. The molecular formula is C12H13F2N3O3S. The van der Waals surface area contributed by atoms with Gasteiger partial charge in [-0.3, -0.25) is 9.40 Å². The predicted octanol–water partition coefficient (Wildman–Crippen LogP) is 1.34. The van der Waals surface area contributed by atoms with E-state index < -0.39 is 21.7 Å². The van der Waals surface area contributed by atoms with Gasteiger partial charge in [-0.1, -0.05) is 0 Å². The first kappa shape index (κ1) is 15.4. The molecule has 0 radical (unpaired) electrons. The molecule has 21 heavy (non-hydrogen) atoms. The average Bonchev–Trinajstić information content (AvgIpc) is 2.89. The van der Waals surface area contributed by atoms with Gasteiger partial charge in [0, 0.05) is 25.4 Å². The lowest BCUT2D eigenvalue weighted by Crippen LogP contribution is -2.13. The number of aryl methyl sites for hydroxylation is 1. The number of anilines is 1. The highest BCUT2D eigenvalue weighted by molar-refractivity contribution is 7.92. The molecule has 0 amide bonds. The summed E-state index contributed by atoms with van der Waals surface area (Å²) in [7, 11) is -4.01. The Balaban J connectivity index is 2.19. The second kappa shape index (κ2) is 6.19. The number of nitrogens with one attached hydrogen (secondary N) is 1. The van der Waals surface area contributed by atoms with E-state index >= 15 is 0 Å².